The second-order valence-electron chi connectivity index (χ2n) is 19.9. The van der Waals surface area contributed by atoms with Crippen molar-refractivity contribution < 1.29 is 28.6 Å². The summed E-state index contributed by atoms with van der Waals surface area (Å²) in [5.74, 6) is -1.08. The SMILES string of the molecule is CC/C=C\C/C=C\C/C=C\C/C=C\C/C=C\CCCCCCCCCCCC(=O)OCC(COC(=O)C/C=C\C/C=C\C/C=C\C/C=C\C/C=C\CC)OC(=O)CCCCCCCC/C=C\C/C=C\C/C=C\CCCCC. The van der Waals surface area contributed by atoms with Crippen LogP contribution >= 0.6 is 0 Å². The molecular weight excluding hydrogens is 949 g/mol. The van der Waals surface area contributed by atoms with Gasteiger partial charge in [0.2, 0.25) is 0 Å². The highest BCUT2D eigenvalue weighted by Crippen LogP contribution is 2.14. The molecule has 6 nitrogen and oxygen atoms in total. The molecule has 0 saturated carbocycles. The van der Waals surface area contributed by atoms with Gasteiger partial charge in [0.05, 0.1) is 6.42 Å². The number of rotatable bonds is 54. The van der Waals surface area contributed by atoms with Gasteiger partial charge in [-0.05, 0) is 128 Å². The number of ether oxygens (including phenoxy) is 3. The molecule has 0 aliphatic heterocycles. The standard InChI is InChI=1S/C71H112O6/c1-4-7-10-13-16-19-22-25-28-30-32-33-34-35-36-37-39-40-43-46-49-52-55-58-61-64-70(73)76-67-68(66-75-69(72)63-60-57-54-51-48-45-42-27-24-21-18-15-12-9-6-3)77-71(74)65-62-59-56-53-50-47-44-41-38-31-29-26-23-20-17-14-11-8-5-2/h7,9-10,12,16-21,25-29,32-33,35-36,38,41-42,48,51,57,60,68H,4-6,8,11,13-15,22-24,30-31,34,37,39-40,43-47,49-50,52-56,58-59,61-67H2,1-3H3/b10-7-,12-9-,19-16-,20-17-,21-18-,28-25-,29-26-,33-32-,36-35-,41-38-,42-27-,51-48-,60-57-. The van der Waals surface area contributed by atoms with E-state index in [0.29, 0.717) is 6.42 Å². The molecule has 0 aliphatic rings. The summed E-state index contributed by atoms with van der Waals surface area (Å²) in [6.45, 7) is 6.28. The summed E-state index contributed by atoms with van der Waals surface area (Å²) in [5.41, 5.74) is 0. The third kappa shape index (κ3) is 61.8. The lowest BCUT2D eigenvalue weighted by atomic mass is 10.1. The minimum Gasteiger partial charge on any atom is -0.462 e. The Hall–Kier alpha value is -4.97. The van der Waals surface area contributed by atoms with Gasteiger partial charge in [-0.3, -0.25) is 14.4 Å². The van der Waals surface area contributed by atoms with Crippen LogP contribution in [0, 0.1) is 0 Å². The lowest BCUT2D eigenvalue weighted by Crippen LogP contribution is -2.30. The summed E-state index contributed by atoms with van der Waals surface area (Å²) in [5, 5.41) is 0. The first-order chi connectivity index (χ1) is 38.0. The lowest BCUT2D eigenvalue weighted by Gasteiger charge is -2.18. The molecule has 77 heavy (non-hydrogen) atoms. The summed E-state index contributed by atoms with van der Waals surface area (Å²) in [6, 6.07) is 0. The van der Waals surface area contributed by atoms with Crippen LogP contribution < -0.4 is 0 Å². The Labute approximate surface area is 473 Å². The predicted octanol–water partition coefficient (Wildman–Crippen LogP) is 21.3. The molecule has 0 rings (SSSR count). The zero-order chi connectivity index (χ0) is 55.7. The van der Waals surface area contributed by atoms with Crippen molar-refractivity contribution in [3.8, 4) is 0 Å². The van der Waals surface area contributed by atoms with Crippen LogP contribution in [0.3, 0.4) is 0 Å². The van der Waals surface area contributed by atoms with Gasteiger partial charge in [0.1, 0.15) is 13.2 Å². The summed E-state index contributed by atoms with van der Waals surface area (Å²) >= 11 is 0. The van der Waals surface area contributed by atoms with Gasteiger partial charge in [-0.2, -0.15) is 0 Å². The van der Waals surface area contributed by atoms with Crippen LogP contribution in [-0.4, -0.2) is 37.2 Å². The number of carbonyl (C=O) groups is 3. The summed E-state index contributed by atoms with van der Waals surface area (Å²) in [7, 11) is 0. The van der Waals surface area contributed by atoms with Crippen molar-refractivity contribution in [3.63, 3.8) is 0 Å². The van der Waals surface area contributed by atoms with E-state index in [0.717, 1.165) is 135 Å². The molecule has 0 bridgehead atoms. The molecule has 0 aromatic heterocycles. The highest BCUT2D eigenvalue weighted by molar-refractivity contribution is 5.72. The Morgan fingerprint density at radius 3 is 0.909 bits per heavy atom. The first-order valence-electron chi connectivity index (χ1n) is 31.0. The maximum Gasteiger partial charge on any atom is 0.309 e. The van der Waals surface area contributed by atoms with Crippen molar-refractivity contribution in [2.45, 2.75) is 258 Å². The Kier molecular flexibility index (Phi) is 59.5. The van der Waals surface area contributed by atoms with Gasteiger partial charge in [0, 0.05) is 12.8 Å². The fraction of sp³-hybridized carbons (Fsp3) is 0.592. The predicted molar refractivity (Wildman–Crippen MR) is 334 cm³/mol. The second-order valence-corrected chi connectivity index (χ2v) is 19.9. The summed E-state index contributed by atoms with van der Waals surface area (Å²) < 4.78 is 16.8. The van der Waals surface area contributed by atoms with Crippen LogP contribution in [0.2, 0.25) is 0 Å². The van der Waals surface area contributed by atoms with Crippen LogP contribution in [0.4, 0.5) is 0 Å². The third-order valence-corrected chi connectivity index (χ3v) is 12.5. The summed E-state index contributed by atoms with van der Waals surface area (Å²) in [4.78, 5) is 38.2. The van der Waals surface area contributed by atoms with Gasteiger partial charge in [0.25, 0.3) is 0 Å². The lowest BCUT2D eigenvalue weighted by molar-refractivity contribution is -0.166. The maximum absolute atomic E-state index is 12.9. The van der Waals surface area contributed by atoms with E-state index in [4.69, 9.17) is 14.2 Å². The van der Waals surface area contributed by atoms with E-state index in [2.05, 4.69) is 167 Å². The highest BCUT2D eigenvalue weighted by Gasteiger charge is 2.19. The molecule has 1 unspecified atom stereocenters. The second kappa shape index (κ2) is 63.6. The summed E-state index contributed by atoms with van der Waals surface area (Å²) in [6.07, 6.45) is 92.6. The normalized spacial score (nSPS) is 13.2. The number of carbonyl (C=O) groups excluding carboxylic acids is 3. The molecule has 0 aliphatic carbocycles. The monoisotopic (exact) mass is 1060 g/mol. The molecule has 0 aromatic rings. The minimum absolute atomic E-state index is 0.116. The fourth-order valence-corrected chi connectivity index (χ4v) is 7.96. The molecule has 432 valence electrons. The van der Waals surface area contributed by atoms with Crippen molar-refractivity contribution in [3.05, 3.63) is 158 Å². The molecule has 1 atom stereocenters. The minimum atomic E-state index is -0.837. The Morgan fingerprint density at radius 2 is 0.558 bits per heavy atom. The van der Waals surface area contributed by atoms with E-state index < -0.39 is 12.1 Å². The van der Waals surface area contributed by atoms with Gasteiger partial charge in [-0.25, -0.2) is 0 Å². The average molecular weight is 1060 g/mol. The average Bonchev–Trinajstić information content (AvgIpc) is 3.43. The van der Waals surface area contributed by atoms with E-state index in [-0.39, 0.29) is 38.0 Å². The van der Waals surface area contributed by atoms with Crippen LogP contribution in [0.15, 0.2) is 158 Å². The molecule has 0 saturated heterocycles. The zero-order valence-corrected chi connectivity index (χ0v) is 49.4. The maximum atomic E-state index is 12.9. The van der Waals surface area contributed by atoms with Gasteiger partial charge in [-0.1, -0.05) is 262 Å². The highest BCUT2D eigenvalue weighted by atomic mass is 16.6. The molecule has 0 amide bonds. The topological polar surface area (TPSA) is 78.9 Å². The number of hydrogen-bond acceptors (Lipinski definition) is 6. The van der Waals surface area contributed by atoms with E-state index in [9.17, 15) is 14.4 Å². The van der Waals surface area contributed by atoms with E-state index >= 15 is 0 Å². The van der Waals surface area contributed by atoms with Crippen molar-refractivity contribution in [2.24, 2.45) is 0 Å². The van der Waals surface area contributed by atoms with Crippen LogP contribution in [-0.2, 0) is 28.6 Å². The molecule has 0 heterocycles. The Morgan fingerprint density at radius 1 is 0.286 bits per heavy atom. The van der Waals surface area contributed by atoms with Gasteiger partial charge < -0.3 is 14.2 Å². The number of hydrogen-bond donors (Lipinski definition) is 0. The van der Waals surface area contributed by atoms with E-state index in [1.807, 2.05) is 6.08 Å². The molecule has 0 aromatic carbocycles. The zero-order valence-electron chi connectivity index (χ0n) is 49.4. The number of esters is 3. The Balaban J connectivity index is 4.49. The first kappa shape index (κ1) is 72.0. The van der Waals surface area contributed by atoms with Crippen LogP contribution in [0.1, 0.15) is 252 Å². The first-order valence-corrected chi connectivity index (χ1v) is 31.0. The molecule has 6 heteroatoms. The van der Waals surface area contributed by atoms with E-state index in [1.54, 1.807) is 6.08 Å². The number of allylic oxidation sites excluding steroid dienone is 25. The van der Waals surface area contributed by atoms with Gasteiger partial charge >= 0.3 is 17.9 Å². The molecular formula is C71H112O6. The van der Waals surface area contributed by atoms with Crippen molar-refractivity contribution in [1.29, 1.82) is 0 Å². The van der Waals surface area contributed by atoms with Gasteiger partial charge in [0.15, 0.2) is 6.10 Å². The molecule has 0 N–H and O–H groups in total. The van der Waals surface area contributed by atoms with Crippen LogP contribution in [0.5, 0.6) is 0 Å². The van der Waals surface area contributed by atoms with Crippen molar-refractivity contribution in [2.75, 3.05) is 13.2 Å². The molecule has 0 spiro atoms. The fourth-order valence-electron chi connectivity index (χ4n) is 7.96. The largest absolute Gasteiger partial charge is 0.462 e. The Bertz CT molecular complexity index is 1740. The van der Waals surface area contributed by atoms with E-state index in [1.165, 1.54) is 77.0 Å². The smallest absolute Gasteiger partial charge is 0.309 e. The quantitative estimate of drug-likeness (QED) is 0.0261. The number of unbranched alkanes of at least 4 members (excludes halogenated alkanes) is 18. The third-order valence-electron chi connectivity index (χ3n) is 12.5. The molecule has 0 radical (unpaired) electrons. The van der Waals surface area contributed by atoms with Crippen molar-refractivity contribution >= 4 is 17.9 Å². The molecule has 0 fully saturated rings. The van der Waals surface area contributed by atoms with Crippen LogP contribution in [0.25, 0.3) is 0 Å². The van der Waals surface area contributed by atoms with Gasteiger partial charge in [-0.15, -0.1) is 0 Å². The van der Waals surface area contributed by atoms with Crippen molar-refractivity contribution in [1.82, 2.24) is 0 Å².